The minimum atomic E-state index is -0.691. The van der Waals surface area contributed by atoms with Gasteiger partial charge in [-0.2, -0.15) is 11.8 Å². The van der Waals surface area contributed by atoms with Gasteiger partial charge in [0, 0.05) is 51.7 Å². The number of aryl methyl sites for hydroxylation is 1. The molecule has 170 valence electrons. The number of thioether (sulfide) groups is 1. The second kappa shape index (κ2) is 10.3. The topological polar surface area (TPSA) is 66.0 Å². The molecule has 1 aromatic heterocycles. The van der Waals surface area contributed by atoms with E-state index in [1.54, 1.807) is 13.3 Å². The van der Waals surface area contributed by atoms with Crippen LogP contribution in [0.1, 0.15) is 37.7 Å². The summed E-state index contributed by atoms with van der Waals surface area (Å²) in [6, 6.07) is 4.44. The lowest BCUT2D eigenvalue weighted by Gasteiger charge is -2.45. The number of hydrogen-bond donors (Lipinski definition) is 0. The van der Waals surface area contributed by atoms with Crippen LogP contribution in [0.15, 0.2) is 24.5 Å². The van der Waals surface area contributed by atoms with Crippen molar-refractivity contribution in [2.75, 3.05) is 51.4 Å². The number of hydrogen-bond acceptors (Lipinski definition) is 6. The Morgan fingerprint density at radius 1 is 1.19 bits per heavy atom. The maximum atomic E-state index is 13.6. The zero-order valence-electron chi connectivity index (χ0n) is 18.5. The van der Waals surface area contributed by atoms with Crippen LogP contribution in [0.5, 0.6) is 0 Å². The highest BCUT2D eigenvalue weighted by Gasteiger charge is 2.57. The largest absolute Gasteiger partial charge is 0.383 e. The molecule has 1 spiro atoms. The van der Waals surface area contributed by atoms with Crippen LogP contribution < -0.4 is 0 Å². The number of imide groups is 1. The first-order valence-corrected chi connectivity index (χ1v) is 12.6. The molecule has 31 heavy (non-hydrogen) atoms. The lowest BCUT2D eigenvalue weighted by atomic mass is 9.85. The Morgan fingerprint density at radius 2 is 1.97 bits per heavy atom. The Kier molecular flexibility index (Phi) is 7.51. The van der Waals surface area contributed by atoms with Crippen molar-refractivity contribution in [1.29, 1.82) is 0 Å². The lowest BCUT2D eigenvalue weighted by molar-refractivity contribution is -0.136. The molecule has 0 N–H and O–H groups in total. The number of likely N-dealkylation sites (tertiary alicyclic amines) is 1. The van der Waals surface area contributed by atoms with E-state index in [0.29, 0.717) is 25.7 Å². The number of methoxy groups -OCH3 is 1. The van der Waals surface area contributed by atoms with Gasteiger partial charge in [-0.05, 0) is 61.7 Å². The second-order valence-electron chi connectivity index (χ2n) is 8.76. The Hall–Kier alpha value is -1.64. The van der Waals surface area contributed by atoms with Crippen LogP contribution in [0.2, 0.25) is 0 Å². The van der Waals surface area contributed by atoms with Gasteiger partial charge in [0.15, 0.2) is 0 Å². The van der Waals surface area contributed by atoms with Crippen molar-refractivity contribution >= 4 is 23.7 Å². The van der Waals surface area contributed by atoms with Crippen molar-refractivity contribution in [2.24, 2.45) is 0 Å². The predicted molar refractivity (Wildman–Crippen MR) is 122 cm³/mol. The summed E-state index contributed by atoms with van der Waals surface area (Å²) in [6.07, 6.45) is 9.09. The van der Waals surface area contributed by atoms with E-state index in [-0.39, 0.29) is 11.9 Å². The van der Waals surface area contributed by atoms with Gasteiger partial charge in [-0.3, -0.25) is 14.7 Å². The summed E-state index contributed by atoms with van der Waals surface area (Å²) < 4.78 is 5.27. The molecule has 1 aromatic rings. The van der Waals surface area contributed by atoms with Crippen LogP contribution in [-0.2, 0) is 16.0 Å². The molecule has 0 unspecified atom stereocenters. The van der Waals surface area contributed by atoms with E-state index in [9.17, 15) is 9.59 Å². The highest BCUT2D eigenvalue weighted by Crippen LogP contribution is 2.38. The highest BCUT2D eigenvalue weighted by atomic mass is 32.2. The van der Waals surface area contributed by atoms with Gasteiger partial charge >= 0.3 is 6.03 Å². The van der Waals surface area contributed by atoms with Gasteiger partial charge in [0.2, 0.25) is 0 Å². The fraction of sp³-hybridized carbons (Fsp3) is 0.696. The fourth-order valence-corrected chi connectivity index (χ4v) is 6.33. The van der Waals surface area contributed by atoms with Crippen LogP contribution >= 0.6 is 11.8 Å². The van der Waals surface area contributed by atoms with Crippen LogP contribution in [-0.4, -0.2) is 94.6 Å². The van der Waals surface area contributed by atoms with Gasteiger partial charge in [0.1, 0.15) is 5.54 Å². The summed E-state index contributed by atoms with van der Waals surface area (Å²) >= 11 is 2.04. The van der Waals surface area contributed by atoms with E-state index in [1.165, 1.54) is 29.2 Å². The Labute approximate surface area is 189 Å². The zero-order chi connectivity index (χ0) is 21.7. The molecule has 4 rings (SSSR count). The van der Waals surface area contributed by atoms with Gasteiger partial charge in [-0.1, -0.05) is 6.07 Å². The van der Waals surface area contributed by atoms with E-state index in [4.69, 9.17) is 4.74 Å². The van der Waals surface area contributed by atoms with Crippen LogP contribution in [0, 0.1) is 0 Å². The molecule has 0 aliphatic carbocycles. The number of aromatic nitrogens is 1. The smallest absolute Gasteiger partial charge is 0.327 e. The normalized spacial score (nSPS) is 22.6. The van der Waals surface area contributed by atoms with Gasteiger partial charge in [-0.15, -0.1) is 0 Å². The van der Waals surface area contributed by atoms with E-state index in [1.807, 2.05) is 35.0 Å². The Balaban J connectivity index is 1.42. The molecule has 0 aromatic carbocycles. The number of nitrogens with zero attached hydrogens (tertiary/aromatic N) is 4. The summed E-state index contributed by atoms with van der Waals surface area (Å²) in [5, 5.41) is 0. The summed E-state index contributed by atoms with van der Waals surface area (Å²) in [7, 11) is 1.64. The summed E-state index contributed by atoms with van der Waals surface area (Å²) in [5.74, 6) is 2.46. The Morgan fingerprint density at radius 3 is 2.65 bits per heavy atom. The first-order chi connectivity index (χ1) is 15.2. The van der Waals surface area contributed by atoms with E-state index < -0.39 is 5.54 Å². The molecule has 0 radical (unpaired) electrons. The van der Waals surface area contributed by atoms with Gasteiger partial charge in [-0.25, -0.2) is 4.79 Å². The average Bonchev–Trinajstić information content (AvgIpc) is 3.00. The highest BCUT2D eigenvalue weighted by molar-refractivity contribution is 7.99. The number of carbonyl (C=O) groups excluding carboxylic acids is 2. The summed E-state index contributed by atoms with van der Waals surface area (Å²) in [6.45, 7) is 3.16. The Bertz CT molecular complexity index is 748. The fourth-order valence-electron chi connectivity index (χ4n) is 5.25. The predicted octanol–water partition coefficient (Wildman–Crippen LogP) is 2.66. The molecule has 4 heterocycles. The maximum absolute atomic E-state index is 13.6. The van der Waals surface area contributed by atoms with Gasteiger partial charge in [0.25, 0.3) is 5.91 Å². The van der Waals surface area contributed by atoms with Crippen LogP contribution in [0.4, 0.5) is 4.79 Å². The van der Waals surface area contributed by atoms with Crippen molar-refractivity contribution in [3.05, 3.63) is 30.1 Å². The minimum absolute atomic E-state index is 0.00126. The molecule has 8 heteroatoms. The first-order valence-electron chi connectivity index (χ1n) is 11.5. The third-order valence-corrected chi connectivity index (χ3v) is 8.09. The van der Waals surface area contributed by atoms with E-state index in [2.05, 4.69) is 9.88 Å². The molecule has 0 atom stereocenters. The standard InChI is InChI=1S/C23H34N4O3S/c1-30-15-14-27-22(29)26(11-3-5-19-4-2-10-24-18-19)21(28)23(27)8-12-25(13-9-23)20-6-16-31-17-7-20/h2,4,10,18,20H,3,5-9,11-17H2,1H3. The van der Waals surface area contributed by atoms with Gasteiger partial charge < -0.3 is 14.5 Å². The molecule has 3 aliphatic heterocycles. The molecule has 3 amide bonds. The number of ether oxygens (including phenoxy) is 1. The SMILES string of the molecule is COCCN1C(=O)N(CCCc2cccnc2)C(=O)C12CCN(C1CCSCC1)CC2. The summed E-state index contributed by atoms with van der Waals surface area (Å²) in [5.41, 5.74) is 0.440. The molecule has 0 bridgehead atoms. The van der Waals surface area contributed by atoms with E-state index in [0.717, 1.165) is 44.3 Å². The number of carbonyl (C=O) groups is 2. The zero-order valence-corrected chi connectivity index (χ0v) is 19.3. The van der Waals surface area contributed by atoms with Crippen molar-refractivity contribution in [3.63, 3.8) is 0 Å². The number of rotatable bonds is 8. The quantitative estimate of drug-likeness (QED) is 0.572. The maximum Gasteiger partial charge on any atom is 0.327 e. The second-order valence-corrected chi connectivity index (χ2v) is 9.98. The van der Waals surface area contributed by atoms with Crippen molar-refractivity contribution in [1.82, 2.24) is 19.7 Å². The molecular weight excluding hydrogens is 412 g/mol. The molecule has 3 aliphatic rings. The summed E-state index contributed by atoms with van der Waals surface area (Å²) in [4.78, 5) is 36.9. The van der Waals surface area contributed by atoms with Crippen molar-refractivity contribution in [3.8, 4) is 0 Å². The third-order valence-electron chi connectivity index (χ3n) is 7.04. The average molecular weight is 447 g/mol. The number of amides is 3. The third kappa shape index (κ3) is 4.76. The van der Waals surface area contributed by atoms with E-state index >= 15 is 0 Å². The minimum Gasteiger partial charge on any atom is -0.383 e. The number of pyridine rings is 1. The monoisotopic (exact) mass is 446 g/mol. The first kappa shape index (κ1) is 22.6. The lowest BCUT2D eigenvalue weighted by Crippen LogP contribution is -2.58. The van der Waals surface area contributed by atoms with Crippen LogP contribution in [0.3, 0.4) is 0 Å². The van der Waals surface area contributed by atoms with Crippen molar-refractivity contribution < 1.29 is 14.3 Å². The molecule has 3 saturated heterocycles. The molecule has 3 fully saturated rings. The van der Waals surface area contributed by atoms with Crippen LogP contribution in [0.25, 0.3) is 0 Å². The van der Waals surface area contributed by atoms with Crippen molar-refractivity contribution in [2.45, 2.75) is 50.1 Å². The molecule has 0 saturated carbocycles. The number of piperidine rings is 1. The molecule has 7 nitrogen and oxygen atoms in total. The van der Waals surface area contributed by atoms with Gasteiger partial charge in [0.05, 0.1) is 6.61 Å². The molecular formula is C23H34N4O3S. The number of urea groups is 1.